The third-order valence-corrected chi connectivity index (χ3v) is 0. The van der Waals surface area contributed by atoms with E-state index < -0.39 is 9.15 Å². The van der Waals surface area contributed by atoms with Crippen LogP contribution in [0.25, 0.3) is 0 Å². The van der Waals surface area contributed by atoms with Crippen molar-refractivity contribution in [2.75, 3.05) is 6.61 Å². The molecule has 60 valence electrons. The molecular weight excluding hydrogens is 166 g/mol. The molecule has 0 saturated heterocycles. The molecule has 5 N–H and O–H groups in total. The van der Waals surface area contributed by atoms with Crippen molar-refractivity contribution in [1.29, 1.82) is 0 Å². The van der Waals surface area contributed by atoms with Gasteiger partial charge in [0, 0.05) is 6.61 Å². The van der Waals surface area contributed by atoms with Crippen molar-refractivity contribution in [3.05, 3.63) is 0 Å². The zero-order valence-electron chi connectivity index (χ0n) is 4.98. The van der Waals surface area contributed by atoms with Gasteiger partial charge in [0.2, 0.25) is 0 Å². The summed E-state index contributed by atoms with van der Waals surface area (Å²) in [6, 6.07) is 0. The summed E-state index contributed by atoms with van der Waals surface area (Å²) in [5, 5.41) is 7.57. The second-order valence-corrected chi connectivity index (χ2v) is 3.04. The van der Waals surface area contributed by atoms with Crippen molar-refractivity contribution in [1.82, 2.24) is 6.15 Å². The molecule has 9 heavy (non-hydrogen) atoms. The minimum atomic E-state index is -3.97. The molecule has 0 amide bonds. The van der Waals surface area contributed by atoms with E-state index >= 15 is 0 Å². The topological polar surface area (TPSA) is 110 Å². The zero-order chi connectivity index (χ0) is 7.21. The first-order chi connectivity index (χ1) is 3.41. The van der Waals surface area contributed by atoms with Gasteiger partial charge in [-0.15, -0.1) is 0 Å². The highest BCUT2D eigenvalue weighted by Gasteiger charge is 1.83. The Balaban J connectivity index is -0.0000000800. The van der Waals surface area contributed by atoms with Crippen LogP contribution in [0.4, 0.5) is 0 Å². The van der Waals surface area contributed by atoms with E-state index in [0.717, 1.165) is 0 Å². The van der Waals surface area contributed by atoms with Gasteiger partial charge in [-0.2, -0.15) is 8.42 Å². The van der Waals surface area contributed by atoms with Crippen molar-refractivity contribution < 1.29 is 18.1 Å². The largest absolute Gasteiger partial charge is 0.397 e. The number of aliphatic hydroxyl groups excluding tert-OH is 1. The zero-order valence-corrected chi connectivity index (χ0v) is 6.69. The van der Waals surface area contributed by atoms with Crippen LogP contribution >= 0.6 is 11.7 Å². The highest BCUT2D eigenvalue weighted by molar-refractivity contribution is 8.61. The van der Waals surface area contributed by atoms with Gasteiger partial charge < -0.3 is 11.3 Å². The Bertz CT molecular complexity index is 111. The van der Waals surface area contributed by atoms with Crippen LogP contribution in [-0.2, 0) is 9.15 Å². The summed E-state index contributed by atoms with van der Waals surface area (Å²) < 4.78 is 25.5. The monoisotopic (exact) mass is 177 g/mol. The van der Waals surface area contributed by atoms with Gasteiger partial charge in [-0.1, -0.05) is 0 Å². The van der Waals surface area contributed by atoms with Crippen LogP contribution in [0.15, 0.2) is 0 Å². The molecule has 0 aromatic rings. The second kappa shape index (κ2) is 8.18. The van der Waals surface area contributed by atoms with Gasteiger partial charge in [-0.3, -0.25) is 4.55 Å². The lowest BCUT2D eigenvalue weighted by atomic mass is 10.9. The van der Waals surface area contributed by atoms with Crippen molar-refractivity contribution in [2.24, 2.45) is 0 Å². The molecule has 0 spiro atoms. The molecule has 0 aliphatic carbocycles. The van der Waals surface area contributed by atoms with Gasteiger partial charge in [-0.05, 0) is 18.6 Å². The SMILES string of the molecule is CCO.N.O=S(=O)(O)S. The van der Waals surface area contributed by atoms with Crippen molar-refractivity contribution in [3.8, 4) is 0 Å². The van der Waals surface area contributed by atoms with Crippen LogP contribution in [-0.4, -0.2) is 24.7 Å². The van der Waals surface area contributed by atoms with Crippen LogP contribution < -0.4 is 6.15 Å². The summed E-state index contributed by atoms with van der Waals surface area (Å²) in [6.07, 6.45) is 0. The predicted octanol–water partition coefficient (Wildman–Crippen LogP) is -0.120. The van der Waals surface area contributed by atoms with Gasteiger partial charge in [0.15, 0.2) is 0 Å². The van der Waals surface area contributed by atoms with Crippen molar-refractivity contribution >= 4 is 20.8 Å². The standard InChI is InChI=1S/C2H6O.H3N.H2O3S2/c1-2-3;;1-5(2,3)4/h3H,2H2,1H3;1H3;(H2,1,2,3,4). The first kappa shape index (κ1) is 16.1. The highest BCUT2D eigenvalue weighted by Crippen LogP contribution is 1.81. The second-order valence-electron chi connectivity index (χ2n) is 0.764. The molecule has 0 rings (SSSR count). The number of aliphatic hydroxyl groups is 1. The fraction of sp³-hybridized carbons (Fsp3) is 1.00. The van der Waals surface area contributed by atoms with Gasteiger partial charge in [0.05, 0.1) is 0 Å². The fourth-order valence-electron chi connectivity index (χ4n) is 0. The number of hydrogen-bond donors (Lipinski definition) is 4. The Hall–Kier alpha value is 0.180. The van der Waals surface area contributed by atoms with E-state index in [4.69, 9.17) is 18.1 Å². The molecule has 0 heterocycles. The molecule has 0 atom stereocenters. The molecule has 0 fully saturated rings. The maximum Gasteiger partial charge on any atom is 0.316 e. The van der Waals surface area contributed by atoms with Gasteiger partial charge in [0.1, 0.15) is 0 Å². The number of hydrogen-bond acceptors (Lipinski definition) is 4. The smallest absolute Gasteiger partial charge is 0.316 e. The van der Waals surface area contributed by atoms with E-state index in [9.17, 15) is 0 Å². The minimum absolute atomic E-state index is 0. The van der Waals surface area contributed by atoms with E-state index in [1.807, 2.05) is 0 Å². The molecule has 0 aliphatic rings. The summed E-state index contributed by atoms with van der Waals surface area (Å²) in [5.41, 5.74) is 0. The maximum absolute atomic E-state index is 9.05. The molecule has 5 nitrogen and oxygen atoms in total. The maximum atomic E-state index is 9.05. The lowest BCUT2D eigenvalue weighted by Gasteiger charge is -1.67. The summed E-state index contributed by atoms with van der Waals surface area (Å²) >= 11 is 2.65. The third kappa shape index (κ3) is 9640. The fourth-order valence-corrected chi connectivity index (χ4v) is 0. The van der Waals surface area contributed by atoms with E-state index in [1.165, 1.54) is 0 Å². The van der Waals surface area contributed by atoms with Crippen LogP contribution in [0.5, 0.6) is 0 Å². The van der Waals surface area contributed by atoms with E-state index in [1.54, 1.807) is 6.92 Å². The third-order valence-electron chi connectivity index (χ3n) is 0. The first-order valence-electron chi connectivity index (χ1n) is 1.72. The van der Waals surface area contributed by atoms with Crippen LogP contribution in [0.2, 0.25) is 0 Å². The van der Waals surface area contributed by atoms with Crippen LogP contribution in [0, 0.1) is 0 Å². The molecule has 0 bridgehead atoms. The number of rotatable bonds is 0. The first-order valence-corrected chi connectivity index (χ1v) is 4.21. The molecule has 0 aliphatic heterocycles. The summed E-state index contributed by atoms with van der Waals surface area (Å²) in [7, 11) is -3.97. The van der Waals surface area contributed by atoms with E-state index in [-0.39, 0.29) is 12.8 Å². The molecule has 0 unspecified atom stereocenters. The molecule has 0 aromatic carbocycles. The Morgan fingerprint density at radius 3 is 1.56 bits per heavy atom. The molecule has 0 aromatic heterocycles. The van der Waals surface area contributed by atoms with E-state index in [2.05, 4.69) is 11.7 Å². The van der Waals surface area contributed by atoms with Crippen molar-refractivity contribution in [3.63, 3.8) is 0 Å². The Morgan fingerprint density at radius 1 is 1.56 bits per heavy atom. The van der Waals surface area contributed by atoms with Gasteiger partial charge in [0.25, 0.3) is 0 Å². The minimum Gasteiger partial charge on any atom is -0.397 e. The average molecular weight is 177 g/mol. The molecule has 0 saturated carbocycles. The van der Waals surface area contributed by atoms with Gasteiger partial charge >= 0.3 is 9.15 Å². The lowest BCUT2D eigenvalue weighted by Crippen LogP contribution is -1.78. The average Bonchev–Trinajstić information content (AvgIpc) is 1.27. The predicted molar refractivity (Wildman–Crippen MR) is 38.3 cm³/mol. The summed E-state index contributed by atoms with van der Waals surface area (Å²) in [4.78, 5) is 0. The summed E-state index contributed by atoms with van der Waals surface area (Å²) in [5.74, 6) is 0. The van der Waals surface area contributed by atoms with E-state index in [0.29, 0.717) is 0 Å². The lowest BCUT2D eigenvalue weighted by molar-refractivity contribution is 0.318. The van der Waals surface area contributed by atoms with Gasteiger partial charge in [-0.25, -0.2) is 0 Å². The van der Waals surface area contributed by atoms with Crippen LogP contribution in [0.3, 0.4) is 0 Å². The van der Waals surface area contributed by atoms with Crippen LogP contribution in [0.1, 0.15) is 6.92 Å². The highest BCUT2D eigenvalue weighted by atomic mass is 33.1. The quantitative estimate of drug-likeness (QED) is 0.234. The molecule has 0 radical (unpaired) electrons. The van der Waals surface area contributed by atoms with Crippen molar-refractivity contribution in [2.45, 2.75) is 6.92 Å². The Morgan fingerprint density at radius 2 is 1.56 bits per heavy atom. The Kier molecular flexibility index (Phi) is 14.6. The molecule has 7 heteroatoms. The Labute approximate surface area is 59.2 Å². The summed E-state index contributed by atoms with van der Waals surface area (Å²) in [6.45, 7) is 1.93. The normalized spacial score (nSPS) is 8.44. The molecular formula is C2H11NO4S2. The number of thiol groups is 1.